The number of rotatable bonds is 5. The van der Waals surface area contributed by atoms with Gasteiger partial charge in [0, 0.05) is 12.6 Å². The van der Waals surface area contributed by atoms with Gasteiger partial charge in [0.05, 0.1) is 15.6 Å². The minimum atomic E-state index is -3.57. The van der Waals surface area contributed by atoms with Crippen LogP contribution in [0.15, 0.2) is 17.0 Å². The molecule has 0 saturated heterocycles. The maximum atomic E-state index is 12.2. The van der Waals surface area contributed by atoms with Crippen molar-refractivity contribution in [2.45, 2.75) is 24.8 Å². The van der Waals surface area contributed by atoms with Crippen molar-refractivity contribution in [3.8, 4) is 0 Å². The lowest BCUT2D eigenvalue weighted by molar-refractivity contribution is 0.314. The Bertz CT molecular complexity index is 558. The van der Waals surface area contributed by atoms with Crippen LogP contribution in [-0.2, 0) is 10.0 Å². The summed E-state index contributed by atoms with van der Waals surface area (Å²) in [4.78, 5) is 2.10. The highest BCUT2D eigenvalue weighted by molar-refractivity contribution is 7.89. The molecule has 1 unspecified atom stereocenters. The van der Waals surface area contributed by atoms with E-state index in [9.17, 15) is 8.42 Å². The lowest BCUT2D eigenvalue weighted by atomic mass is 10.2. The minimum Gasteiger partial charge on any atom is -0.397 e. The van der Waals surface area contributed by atoms with E-state index in [2.05, 4.69) is 4.72 Å². The molecule has 0 aliphatic carbocycles. The maximum absolute atomic E-state index is 12.2. The number of halogens is 1. The highest BCUT2D eigenvalue weighted by Crippen LogP contribution is 2.26. The fourth-order valence-corrected chi connectivity index (χ4v) is 3.05. The Labute approximate surface area is 119 Å². The molecule has 0 heterocycles. The lowest BCUT2D eigenvalue weighted by Crippen LogP contribution is -2.38. The third kappa shape index (κ3) is 4.07. The number of hydrogen-bond acceptors (Lipinski definition) is 4. The molecule has 108 valence electrons. The summed E-state index contributed by atoms with van der Waals surface area (Å²) in [5.41, 5.74) is 6.49. The van der Waals surface area contributed by atoms with Crippen molar-refractivity contribution in [2.75, 3.05) is 26.4 Å². The van der Waals surface area contributed by atoms with Crippen molar-refractivity contribution in [1.82, 2.24) is 9.62 Å². The molecule has 1 aromatic carbocycles. The smallest absolute Gasteiger partial charge is 0.240 e. The molecule has 1 rings (SSSR count). The van der Waals surface area contributed by atoms with E-state index in [1.165, 1.54) is 6.07 Å². The van der Waals surface area contributed by atoms with Crippen molar-refractivity contribution in [2.24, 2.45) is 0 Å². The minimum absolute atomic E-state index is 0.0970. The molecule has 7 heteroatoms. The van der Waals surface area contributed by atoms with E-state index < -0.39 is 10.0 Å². The zero-order valence-corrected chi connectivity index (χ0v) is 13.1. The number of hydrogen-bond donors (Lipinski definition) is 2. The third-order valence-electron chi connectivity index (χ3n) is 3.03. The zero-order chi connectivity index (χ0) is 14.8. The second-order valence-electron chi connectivity index (χ2n) is 4.80. The number of anilines is 1. The number of likely N-dealkylation sites (N-methyl/N-ethyl adjacent to an activating group) is 1. The Balaban J connectivity index is 2.98. The van der Waals surface area contributed by atoms with Gasteiger partial charge in [0.25, 0.3) is 0 Å². The zero-order valence-electron chi connectivity index (χ0n) is 11.6. The molecule has 0 radical (unpaired) electrons. The normalized spacial score (nSPS) is 13.8. The fraction of sp³-hybridized carbons (Fsp3) is 0.500. The molecule has 0 amide bonds. The number of sulfonamides is 1. The molecule has 0 aliphatic heterocycles. The number of nitrogens with two attached hydrogens (primary N) is 1. The number of benzene rings is 1. The van der Waals surface area contributed by atoms with Crippen LogP contribution in [0.1, 0.15) is 12.5 Å². The SMILES string of the molecule is Cc1cc(Cl)c(N)cc1S(=O)(=O)NCC(C)N(C)C. The second-order valence-corrected chi connectivity index (χ2v) is 6.95. The standard InChI is InChI=1S/C12H20ClN3O2S/c1-8-5-10(13)11(14)6-12(8)19(17,18)15-7-9(2)16(3)4/h5-6,9,15H,7,14H2,1-4H3. The van der Waals surface area contributed by atoms with E-state index in [-0.39, 0.29) is 16.6 Å². The summed E-state index contributed by atoms with van der Waals surface area (Å²) in [7, 11) is 0.213. The largest absolute Gasteiger partial charge is 0.397 e. The molecular formula is C12H20ClN3O2S. The van der Waals surface area contributed by atoms with Gasteiger partial charge in [-0.05, 0) is 45.6 Å². The van der Waals surface area contributed by atoms with Crippen molar-refractivity contribution in [1.29, 1.82) is 0 Å². The number of nitrogen functional groups attached to an aromatic ring is 1. The second kappa shape index (κ2) is 6.09. The molecule has 19 heavy (non-hydrogen) atoms. The van der Waals surface area contributed by atoms with E-state index in [0.29, 0.717) is 17.1 Å². The Morgan fingerprint density at radius 3 is 2.53 bits per heavy atom. The summed E-state index contributed by atoms with van der Waals surface area (Å²) in [6, 6.07) is 3.04. The maximum Gasteiger partial charge on any atom is 0.240 e. The first-order chi connectivity index (χ1) is 8.65. The van der Waals surface area contributed by atoms with Crippen LogP contribution < -0.4 is 10.5 Å². The molecule has 3 N–H and O–H groups in total. The Kier molecular flexibility index (Phi) is 5.20. The van der Waals surface area contributed by atoms with Crippen molar-refractivity contribution < 1.29 is 8.42 Å². The van der Waals surface area contributed by atoms with Gasteiger partial charge in [0.1, 0.15) is 0 Å². The number of aryl methyl sites for hydroxylation is 1. The van der Waals surface area contributed by atoms with Crippen LogP contribution in [-0.4, -0.2) is 40.0 Å². The predicted molar refractivity (Wildman–Crippen MR) is 78.9 cm³/mol. The van der Waals surface area contributed by atoms with Gasteiger partial charge >= 0.3 is 0 Å². The molecule has 0 saturated carbocycles. The van der Waals surface area contributed by atoms with Crippen LogP contribution in [0.25, 0.3) is 0 Å². The first kappa shape index (κ1) is 16.2. The Morgan fingerprint density at radius 1 is 1.42 bits per heavy atom. The fourth-order valence-electron chi connectivity index (χ4n) is 1.45. The van der Waals surface area contributed by atoms with Gasteiger partial charge in [-0.15, -0.1) is 0 Å². The van der Waals surface area contributed by atoms with Crippen LogP contribution in [0.2, 0.25) is 5.02 Å². The number of nitrogens with zero attached hydrogens (tertiary/aromatic N) is 1. The van der Waals surface area contributed by atoms with Crippen LogP contribution >= 0.6 is 11.6 Å². The topological polar surface area (TPSA) is 75.4 Å². The van der Waals surface area contributed by atoms with Crippen LogP contribution in [0, 0.1) is 6.92 Å². The average Bonchev–Trinajstić information content (AvgIpc) is 2.30. The summed E-state index contributed by atoms with van der Waals surface area (Å²) in [5, 5.41) is 0.359. The Hall–Kier alpha value is -0.820. The molecule has 0 fully saturated rings. The molecular weight excluding hydrogens is 286 g/mol. The summed E-state index contributed by atoms with van der Waals surface area (Å²) in [6.45, 7) is 3.96. The molecule has 0 aliphatic rings. The van der Waals surface area contributed by atoms with Crippen molar-refractivity contribution in [3.63, 3.8) is 0 Å². The quantitative estimate of drug-likeness (QED) is 0.808. The average molecular weight is 306 g/mol. The monoisotopic (exact) mass is 305 g/mol. The molecule has 0 spiro atoms. The molecule has 0 aromatic heterocycles. The van der Waals surface area contributed by atoms with Gasteiger partial charge in [-0.1, -0.05) is 11.6 Å². The first-order valence-electron chi connectivity index (χ1n) is 5.87. The van der Waals surface area contributed by atoms with Gasteiger partial charge in [0.15, 0.2) is 0 Å². The molecule has 1 atom stereocenters. The van der Waals surface area contributed by atoms with Gasteiger partial charge < -0.3 is 10.6 Å². The highest BCUT2D eigenvalue weighted by atomic mass is 35.5. The van der Waals surface area contributed by atoms with Gasteiger partial charge in [-0.3, -0.25) is 0 Å². The van der Waals surface area contributed by atoms with E-state index >= 15 is 0 Å². The van der Waals surface area contributed by atoms with E-state index in [1.54, 1.807) is 13.0 Å². The van der Waals surface area contributed by atoms with E-state index in [0.717, 1.165) is 0 Å². The van der Waals surface area contributed by atoms with Crippen molar-refractivity contribution >= 4 is 27.3 Å². The van der Waals surface area contributed by atoms with Gasteiger partial charge in [0.2, 0.25) is 10.0 Å². The van der Waals surface area contributed by atoms with Gasteiger partial charge in [-0.25, -0.2) is 13.1 Å². The van der Waals surface area contributed by atoms with E-state index in [1.807, 2.05) is 25.9 Å². The Morgan fingerprint density at radius 2 is 2.00 bits per heavy atom. The summed E-state index contributed by atoms with van der Waals surface area (Å²) < 4.78 is 27.0. The third-order valence-corrected chi connectivity index (χ3v) is 4.93. The van der Waals surface area contributed by atoms with Crippen LogP contribution in [0.3, 0.4) is 0 Å². The summed E-state index contributed by atoms with van der Waals surface area (Å²) >= 11 is 5.86. The lowest BCUT2D eigenvalue weighted by Gasteiger charge is -2.20. The summed E-state index contributed by atoms with van der Waals surface area (Å²) in [5.74, 6) is 0. The van der Waals surface area contributed by atoms with E-state index in [4.69, 9.17) is 17.3 Å². The van der Waals surface area contributed by atoms with Crippen LogP contribution in [0.4, 0.5) is 5.69 Å². The number of nitrogens with one attached hydrogen (secondary N) is 1. The first-order valence-corrected chi connectivity index (χ1v) is 7.73. The molecule has 5 nitrogen and oxygen atoms in total. The highest BCUT2D eigenvalue weighted by Gasteiger charge is 2.19. The molecule has 1 aromatic rings. The predicted octanol–water partition coefficient (Wildman–Crippen LogP) is 1.46. The molecule has 0 bridgehead atoms. The van der Waals surface area contributed by atoms with Crippen LogP contribution in [0.5, 0.6) is 0 Å². The summed E-state index contributed by atoms with van der Waals surface area (Å²) in [6.07, 6.45) is 0. The van der Waals surface area contributed by atoms with Crippen molar-refractivity contribution in [3.05, 3.63) is 22.7 Å². The van der Waals surface area contributed by atoms with Gasteiger partial charge in [-0.2, -0.15) is 0 Å².